The maximum atomic E-state index is 11.1. The van der Waals surface area contributed by atoms with Gasteiger partial charge in [-0.2, -0.15) is 4.98 Å². The standard InChI is InChI=1S/C27H25Cl3N4O4/c1-15(26(35)36)8-11-37-16-6-7-17(21(30)12-16)23-33-22-24(31-14-32-25(22)38-27(2)9-10-27)34(23)13-18-19(28)4-3-5-20(18)29/h3-7,12,14-15H,8-11,13H2,1-2H3,(H,35,36)/t15-/m1/s1. The number of rotatable bonds is 10. The molecule has 1 fully saturated rings. The number of ether oxygens (including phenoxy) is 2. The van der Waals surface area contributed by atoms with E-state index in [2.05, 4.69) is 9.97 Å². The zero-order chi connectivity index (χ0) is 27.0. The summed E-state index contributed by atoms with van der Waals surface area (Å²) < 4.78 is 13.8. The van der Waals surface area contributed by atoms with Gasteiger partial charge in [0.2, 0.25) is 5.88 Å². The number of hydrogen-bond acceptors (Lipinski definition) is 6. The van der Waals surface area contributed by atoms with Crippen LogP contribution in [0.4, 0.5) is 0 Å². The number of benzene rings is 2. The van der Waals surface area contributed by atoms with Crippen molar-refractivity contribution in [1.29, 1.82) is 0 Å². The van der Waals surface area contributed by atoms with Gasteiger partial charge < -0.3 is 19.1 Å². The van der Waals surface area contributed by atoms with E-state index in [1.807, 2.05) is 11.5 Å². The lowest BCUT2D eigenvalue weighted by Crippen LogP contribution is -2.13. The van der Waals surface area contributed by atoms with Crippen molar-refractivity contribution < 1.29 is 19.4 Å². The minimum Gasteiger partial charge on any atom is -0.494 e. The Morgan fingerprint density at radius 3 is 2.53 bits per heavy atom. The molecule has 1 saturated carbocycles. The summed E-state index contributed by atoms with van der Waals surface area (Å²) in [4.78, 5) is 24.8. The van der Waals surface area contributed by atoms with E-state index in [1.165, 1.54) is 6.33 Å². The van der Waals surface area contributed by atoms with Crippen molar-refractivity contribution in [3.8, 4) is 23.0 Å². The van der Waals surface area contributed by atoms with Crippen LogP contribution in [0.3, 0.4) is 0 Å². The van der Waals surface area contributed by atoms with Crippen molar-refractivity contribution in [3.05, 3.63) is 63.4 Å². The van der Waals surface area contributed by atoms with E-state index in [4.69, 9.17) is 54.4 Å². The van der Waals surface area contributed by atoms with Crippen molar-refractivity contribution in [2.24, 2.45) is 5.92 Å². The van der Waals surface area contributed by atoms with Gasteiger partial charge in [0.15, 0.2) is 11.2 Å². The Morgan fingerprint density at radius 2 is 1.87 bits per heavy atom. The third-order valence-corrected chi connectivity index (χ3v) is 7.62. The molecule has 0 spiro atoms. The molecule has 0 radical (unpaired) electrons. The third-order valence-electron chi connectivity index (χ3n) is 6.60. The van der Waals surface area contributed by atoms with Gasteiger partial charge in [-0.3, -0.25) is 4.79 Å². The predicted octanol–water partition coefficient (Wildman–Crippen LogP) is 6.92. The molecule has 0 amide bonds. The first-order valence-electron chi connectivity index (χ1n) is 12.1. The first-order valence-corrected chi connectivity index (χ1v) is 13.3. The maximum Gasteiger partial charge on any atom is 0.306 e. The number of aromatic nitrogens is 4. The van der Waals surface area contributed by atoms with Crippen molar-refractivity contribution in [1.82, 2.24) is 19.5 Å². The molecule has 5 rings (SSSR count). The topological polar surface area (TPSA) is 99.4 Å². The summed E-state index contributed by atoms with van der Waals surface area (Å²) in [6.07, 6.45) is 3.72. The average Bonchev–Trinajstić information content (AvgIpc) is 3.48. The van der Waals surface area contributed by atoms with Gasteiger partial charge in [-0.05, 0) is 56.5 Å². The second kappa shape index (κ2) is 10.6. The van der Waals surface area contributed by atoms with Crippen LogP contribution < -0.4 is 9.47 Å². The fourth-order valence-corrected chi connectivity index (χ4v) is 4.71. The second-order valence-corrected chi connectivity index (χ2v) is 10.9. The molecule has 1 aliphatic rings. The van der Waals surface area contributed by atoms with Crippen molar-refractivity contribution >= 4 is 51.9 Å². The predicted molar refractivity (Wildman–Crippen MR) is 147 cm³/mol. The summed E-state index contributed by atoms with van der Waals surface area (Å²) in [6, 6.07) is 10.6. The molecule has 2 heterocycles. The molecule has 198 valence electrons. The van der Waals surface area contributed by atoms with Gasteiger partial charge in [-0.15, -0.1) is 0 Å². The summed E-state index contributed by atoms with van der Waals surface area (Å²) in [6.45, 7) is 4.22. The summed E-state index contributed by atoms with van der Waals surface area (Å²) in [5.74, 6) is 0.110. The Balaban J connectivity index is 1.55. The number of fused-ring (bicyclic) bond motifs is 1. The number of imidazole rings is 1. The van der Waals surface area contributed by atoms with Gasteiger partial charge in [-0.1, -0.05) is 47.8 Å². The minimum atomic E-state index is -0.860. The number of carbonyl (C=O) groups is 1. The van der Waals surface area contributed by atoms with Gasteiger partial charge in [0.25, 0.3) is 0 Å². The fraction of sp³-hybridized carbons (Fsp3) is 0.333. The van der Waals surface area contributed by atoms with Crippen molar-refractivity contribution in [3.63, 3.8) is 0 Å². The number of carboxylic acid groups (broad SMARTS) is 1. The van der Waals surface area contributed by atoms with E-state index in [1.54, 1.807) is 43.3 Å². The van der Waals surface area contributed by atoms with Gasteiger partial charge in [0.1, 0.15) is 23.5 Å². The monoisotopic (exact) mass is 574 g/mol. The summed E-state index contributed by atoms with van der Waals surface area (Å²) in [5, 5.41) is 10.5. The first-order chi connectivity index (χ1) is 18.1. The van der Waals surface area contributed by atoms with E-state index >= 15 is 0 Å². The summed E-state index contributed by atoms with van der Waals surface area (Å²) >= 11 is 19.8. The SMILES string of the molecule is C[C@H](CCOc1ccc(-c2nc3c(OC4(C)CC4)ncnc3n2Cc2c(Cl)cccc2Cl)c(Cl)c1)C(=O)O. The number of nitrogens with zero attached hydrogens (tertiary/aromatic N) is 4. The Hall–Kier alpha value is -3.07. The Morgan fingerprint density at radius 1 is 1.13 bits per heavy atom. The van der Waals surface area contributed by atoms with Crippen LogP contribution in [0.25, 0.3) is 22.6 Å². The lowest BCUT2D eigenvalue weighted by atomic mass is 10.1. The van der Waals surface area contributed by atoms with Crippen LogP contribution in [0.1, 0.15) is 38.7 Å². The zero-order valence-electron chi connectivity index (χ0n) is 20.7. The van der Waals surface area contributed by atoms with E-state index in [0.717, 1.165) is 18.4 Å². The first kappa shape index (κ1) is 26.5. The molecule has 0 unspecified atom stereocenters. The molecule has 8 nitrogen and oxygen atoms in total. The Kier molecular flexibility index (Phi) is 7.40. The Bertz CT molecular complexity index is 1500. The molecular formula is C27H25Cl3N4O4. The Labute approximate surface area is 234 Å². The van der Waals surface area contributed by atoms with Crippen LogP contribution in [0.2, 0.25) is 15.1 Å². The van der Waals surface area contributed by atoms with Crippen LogP contribution >= 0.6 is 34.8 Å². The molecule has 0 saturated heterocycles. The third kappa shape index (κ3) is 5.53. The molecular weight excluding hydrogens is 551 g/mol. The number of aliphatic carboxylic acids is 1. The van der Waals surface area contributed by atoms with Crippen molar-refractivity contribution in [2.45, 2.75) is 45.3 Å². The molecule has 0 aliphatic heterocycles. The smallest absolute Gasteiger partial charge is 0.306 e. The molecule has 1 N–H and O–H groups in total. The molecule has 1 atom stereocenters. The lowest BCUT2D eigenvalue weighted by molar-refractivity contribution is -0.141. The largest absolute Gasteiger partial charge is 0.494 e. The van der Waals surface area contributed by atoms with Crippen LogP contribution in [0, 0.1) is 5.92 Å². The molecule has 2 aromatic carbocycles. The molecule has 1 aliphatic carbocycles. The highest BCUT2D eigenvalue weighted by molar-refractivity contribution is 6.36. The number of halogens is 3. The lowest BCUT2D eigenvalue weighted by Gasteiger charge is -2.14. The molecule has 4 aromatic rings. The quantitative estimate of drug-likeness (QED) is 0.219. The number of carboxylic acids is 1. The molecule has 0 bridgehead atoms. The number of hydrogen-bond donors (Lipinski definition) is 1. The van der Waals surface area contributed by atoms with E-state index in [0.29, 0.717) is 62.2 Å². The fourth-order valence-electron chi connectivity index (χ4n) is 3.94. The van der Waals surface area contributed by atoms with Gasteiger partial charge in [0.05, 0.1) is 24.1 Å². The van der Waals surface area contributed by atoms with Crippen LogP contribution in [-0.4, -0.2) is 42.8 Å². The molecule has 38 heavy (non-hydrogen) atoms. The summed E-state index contributed by atoms with van der Waals surface area (Å²) in [5.41, 5.74) is 2.17. The van der Waals surface area contributed by atoms with Gasteiger partial charge in [0, 0.05) is 21.2 Å². The minimum absolute atomic E-state index is 0.252. The highest BCUT2D eigenvalue weighted by Crippen LogP contribution is 2.41. The van der Waals surface area contributed by atoms with Crippen molar-refractivity contribution in [2.75, 3.05) is 6.61 Å². The summed E-state index contributed by atoms with van der Waals surface area (Å²) in [7, 11) is 0. The van der Waals surface area contributed by atoms with E-state index < -0.39 is 11.9 Å². The van der Waals surface area contributed by atoms with E-state index in [9.17, 15) is 4.79 Å². The van der Waals surface area contributed by atoms with Crippen LogP contribution in [-0.2, 0) is 11.3 Å². The highest BCUT2D eigenvalue weighted by atomic mass is 35.5. The maximum absolute atomic E-state index is 11.1. The highest BCUT2D eigenvalue weighted by Gasteiger charge is 2.41. The zero-order valence-corrected chi connectivity index (χ0v) is 23.0. The van der Waals surface area contributed by atoms with Crippen LogP contribution in [0.5, 0.6) is 11.6 Å². The molecule has 11 heteroatoms. The molecule has 2 aromatic heterocycles. The van der Waals surface area contributed by atoms with Crippen LogP contribution in [0.15, 0.2) is 42.7 Å². The normalized spacial score (nSPS) is 14.9. The van der Waals surface area contributed by atoms with Gasteiger partial charge >= 0.3 is 5.97 Å². The van der Waals surface area contributed by atoms with E-state index in [-0.39, 0.29) is 12.2 Å². The average molecular weight is 576 g/mol. The second-order valence-electron chi connectivity index (χ2n) is 9.64. The van der Waals surface area contributed by atoms with Gasteiger partial charge in [-0.25, -0.2) is 9.97 Å².